The Bertz CT molecular complexity index is 614. The van der Waals surface area contributed by atoms with Crippen LogP contribution in [0.3, 0.4) is 0 Å². The standard InChI is InChI=1S/C29H50/c1-7-29-19-14-22(4)20-24(29)15-17-28(6)25-13-12-23(11-9-8-10-21(2)3)27(25,5)18-16-26(28)29/h15,21-23,25-26H,7-14,16-20H2,1-6H3. The molecule has 0 aromatic rings. The van der Waals surface area contributed by atoms with Crippen LogP contribution in [0.15, 0.2) is 11.6 Å². The number of unbranched alkanes of at least 4 members (excludes halogenated alkanes) is 1. The zero-order chi connectivity index (χ0) is 20.9. The third kappa shape index (κ3) is 3.47. The van der Waals surface area contributed by atoms with Crippen molar-refractivity contribution in [2.75, 3.05) is 0 Å². The third-order valence-corrected chi connectivity index (χ3v) is 11.1. The molecule has 0 heteroatoms. The van der Waals surface area contributed by atoms with E-state index >= 15 is 0 Å². The zero-order valence-electron chi connectivity index (χ0n) is 20.7. The van der Waals surface area contributed by atoms with Gasteiger partial charge in [0, 0.05) is 0 Å². The van der Waals surface area contributed by atoms with Crippen molar-refractivity contribution in [1.29, 1.82) is 0 Å². The average Bonchev–Trinajstić information content (AvgIpc) is 3.02. The van der Waals surface area contributed by atoms with Crippen molar-refractivity contribution < 1.29 is 0 Å². The van der Waals surface area contributed by atoms with Crippen molar-refractivity contribution in [2.45, 2.75) is 125 Å². The molecular formula is C29H50. The maximum absolute atomic E-state index is 2.79. The van der Waals surface area contributed by atoms with Gasteiger partial charge in [0.1, 0.15) is 0 Å². The van der Waals surface area contributed by atoms with E-state index in [4.69, 9.17) is 0 Å². The largest absolute Gasteiger partial charge is 0.0842 e. The first kappa shape index (κ1) is 22.0. The fraction of sp³-hybridized carbons (Fsp3) is 0.931. The molecule has 4 aliphatic carbocycles. The van der Waals surface area contributed by atoms with Crippen LogP contribution in [0.2, 0.25) is 0 Å². The molecule has 0 bridgehead atoms. The van der Waals surface area contributed by atoms with E-state index in [2.05, 4.69) is 47.6 Å². The first-order chi connectivity index (χ1) is 13.8. The highest BCUT2D eigenvalue weighted by atomic mass is 14.7. The van der Waals surface area contributed by atoms with Crippen molar-refractivity contribution in [3.05, 3.63) is 11.6 Å². The molecule has 4 aliphatic rings. The van der Waals surface area contributed by atoms with Crippen LogP contribution in [-0.2, 0) is 0 Å². The predicted molar refractivity (Wildman–Crippen MR) is 127 cm³/mol. The Morgan fingerprint density at radius 1 is 0.966 bits per heavy atom. The fourth-order valence-corrected chi connectivity index (χ4v) is 9.43. The third-order valence-electron chi connectivity index (χ3n) is 11.1. The highest BCUT2D eigenvalue weighted by Crippen LogP contribution is 2.72. The van der Waals surface area contributed by atoms with Crippen LogP contribution in [0.25, 0.3) is 0 Å². The van der Waals surface area contributed by atoms with Crippen molar-refractivity contribution in [2.24, 2.45) is 45.8 Å². The maximum atomic E-state index is 2.79. The summed E-state index contributed by atoms with van der Waals surface area (Å²) in [5.74, 6) is 4.74. The van der Waals surface area contributed by atoms with Crippen LogP contribution in [0.4, 0.5) is 0 Å². The van der Waals surface area contributed by atoms with E-state index in [0.717, 1.165) is 29.6 Å². The van der Waals surface area contributed by atoms with Gasteiger partial charge in [-0.15, -0.1) is 0 Å². The lowest BCUT2D eigenvalue weighted by molar-refractivity contribution is -0.113. The van der Waals surface area contributed by atoms with Crippen LogP contribution in [0, 0.1) is 45.8 Å². The zero-order valence-corrected chi connectivity index (χ0v) is 20.7. The predicted octanol–water partition coefficient (Wildman–Crippen LogP) is 9.20. The van der Waals surface area contributed by atoms with E-state index < -0.39 is 0 Å². The summed E-state index contributed by atoms with van der Waals surface area (Å²) in [7, 11) is 0. The van der Waals surface area contributed by atoms with Crippen LogP contribution in [0.1, 0.15) is 125 Å². The summed E-state index contributed by atoms with van der Waals surface area (Å²) in [4.78, 5) is 0. The fourth-order valence-electron chi connectivity index (χ4n) is 9.43. The van der Waals surface area contributed by atoms with Gasteiger partial charge in [-0.25, -0.2) is 0 Å². The molecule has 0 spiro atoms. The number of rotatable bonds is 6. The SMILES string of the molecule is CCC12CCC(C)CC1=CCC1(C)C2CCC2(C)C(CCCCC(C)C)CCC21. The second kappa shape index (κ2) is 8.02. The Labute approximate surface area is 182 Å². The van der Waals surface area contributed by atoms with Crippen LogP contribution in [-0.4, -0.2) is 0 Å². The highest BCUT2D eigenvalue weighted by molar-refractivity contribution is 5.28. The molecule has 0 radical (unpaired) electrons. The molecule has 0 N–H and O–H groups in total. The minimum absolute atomic E-state index is 0.566. The monoisotopic (exact) mass is 398 g/mol. The minimum Gasteiger partial charge on any atom is -0.0842 e. The molecule has 4 rings (SSSR count). The van der Waals surface area contributed by atoms with E-state index in [0.29, 0.717) is 16.2 Å². The maximum Gasteiger partial charge on any atom is -0.00569 e. The van der Waals surface area contributed by atoms with Crippen LogP contribution in [0.5, 0.6) is 0 Å². The Morgan fingerprint density at radius 3 is 2.48 bits per heavy atom. The molecule has 0 aliphatic heterocycles. The Morgan fingerprint density at radius 2 is 1.76 bits per heavy atom. The van der Waals surface area contributed by atoms with Gasteiger partial charge < -0.3 is 0 Å². The van der Waals surface area contributed by atoms with Crippen molar-refractivity contribution >= 4 is 0 Å². The molecule has 0 amide bonds. The van der Waals surface area contributed by atoms with E-state index in [1.54, 1.807) is 0 Å². The van der Waals surface area contributed by atoms with Gasteiger partial charge in [0.2, 0.25) is 0 Å². The molecule has 7 unspecified atom stereocenters. The van der Waals surface area contributed by atoms with E-state index in [9.17, 15) is 0 Å². The first-order valence-electron chi connectivity index (χ1n) is 13.5. The van der Waals surface area contributed by atoms with Gasteiger partial charge in [-0.1, -0.05) is 72.5 Å². The van der Waals surface area contributed by atoms with Gasteiger partial charge in [0.05, 0.1) is 0 Å². The first-order valence-corrected chi connectivity index (χ1v) is 13.5. The molecule has 3 fully saturated rings. The second-order valence-corrected chi connectivity index (χ2v) is 12.9. The van der Waals surface area contributed by atoms with E-state index in [1.165, 1.54) is 83.5 Å². The number of hydrogen-bond acceptors (Lipinski definition) is 0. The summed E-state index contributed by atoms with van der Waals surface area (Å²) in [5, 5.41) is 0. The van der Waals surface area contributed by atoms with Gasteiger partial charge in [0.15, 0.2) is 0 Å². The summed E-state index contributed by atoms with van der Waals surface area (Å²) in [6.07, 6.45) is 21.9. The summed E-state index contributed by atoms with van der Waals surface area (Å²) in [6.45, 7) is 15.3. The van der Waals surface area contributed by atoms with Gasteiger partial charge in [0.25, 0.3) is 0 Å². The molecule has 0 aromatic carbocycles. The quantitative estimate of drug-likeness (QED) is 0.309. The molecule has 29 heavy (non-hydrogen) atoms. The number of hydrogen-bond donors (Lipinski definition) is 0. The summed E-state index contributed by atoms with van der Waals surface area (Å²) >= 11 is 0. The van der Waals surface area contributed by atoms with Crippen molar-refractivity contribution in [3.8, 4) is 0 Å². The topological polar surface area (TPSA) is 0 Å². The molecule has 0 saturated heterocycles. The molecule has 0 nitrogen and oxygen atoms in total. The average molecular weight is 399 g/mol. The van der Waals surface area contributed by atoms with Crippen LogP contribution >= 0.6 is 0 Å². The lowest BCUT2D eigenvalue weighted by Crippen LogP contribution is -2.56. The summed E-state index contributed by atoms with van der Waals surface area (Å²) in [5.41, 5.74) is 3.66. The summed E-state index contributed by atoms with van der Waals surface area (Å²) in [6, 6.07) is 0. The second-order valence-electron chi connectivity index (χ2n) is 12.9. The smallest absolute Gasteiger partial charge is 0.00569 e. The summed E-state index contributed by atoms with van der Waals surface area (Å²) < 4.78 is 0. The molecule has 3 saturated carbocycles. The number of fused-ring (bicyclic) bond motifs is 5. The number of allylic oxidation sites excluding steroid dienone is 2. The minimum atomic E-state index is 0.566. The van der Waals surface area contributed by atoms with E-state index in [-0.39, 0.29) is 0 Å². The van der Waals surface area contributed by atoms with Gasteiger partial charge in [-0.2, -0.15) is 0 Å². The molecular weight excluding hydrogens is 348 g/mol. The molecule has 7 atom stereocenters. The Balaban J connectivity index is 1.54. The Kier molecular flexibility index (Phi) is 6.07. The van der Waals surface area contributed by atoms with E-state index in [1.807, 2.05) is 5.57 Å². The Hall–Kier alpha value is -0.260. The lowest BCUT2D eigenvalue weighted by atomic mass is 9.40. The van der Waals surface area contributed by atoms with Gasteiger partial charge in [-0.05, 0) is 110 Å². The van der Waals surface area contributed by atoms with Crippen molar-refractivity contribution in [3.63, 3.8) is 0 Å². The highest BCUT2D eigenvalue weighted by Gasteiger charge is 2.63. The molecule has 0 heterocycles. The lowest BCUT2D eigenvalue weighted by Gasteiger charge is -2.64. The van der Waals surface area contributed by atoms with Gasteiger partial charge >= 0.3 is 0 Å². The molecule has 166 valence electrons. The normalized spacial score (nSPS) is 46.8. The van der Waals surface area contributed by atoms with Gasteiger partial charge in [-0.3, -0.25) is 0 Å². The molecule has 0 aromatic heterocycles. The van der Waals surface area contributed by atoms with Crippen molar-refractivity contribution in [1.82, 2.24) is 0 Å². The van der Waals surface area contributed by atoms with Crippen LogP contribution < -0.4 is 0 Å².